The van der Waals surface area contributed by atoms with Crippen molar-refractivity contribution >= 4 is 15.9 Å². The van der Waals surface area contributed by atoms with E-state index in [0.29, 0.717) is 18.4 Å². The van der Waals surface area contributed by atoms with Gasteiger partial charge in [0.2, 0.25) is 15.9 Å². The predicted molar refractivity (Wildman–Crippen MR) is 115 cm³/mol. The van der Waals surface area contributed by atoms with Crippen molar-refractivity contribution < 1.29 is 32.2 Å². The summed E-state index contributed by atoms with van der Waals surface area (Å²) in [6.45, 7) is -0.214. The Morgan fingerprint density at radius 1 is 1.22 bits per heavy atom. The first-order valence-electron chi connectivity index (χ1n) is 10.2. The van der Waals surface area contributed by atoms with Crippen LogP contribution in [0.2, 0.25) is 0 Å². The SMILES string of the molecule is COc1ccccc1S(=O)(=O)N[C@H]1CC[C@@H](CC(=O)NCc2cccc(F)c2)O[C@@H]1CO. The van der Waals surface area contributed by atoms with E-state index in [1.807, 2.05) is 0 Å². The average Bonchev–Trinajstić information content (AvgIpc) is 2.78. The number of hydrogen-bond donors (Lipinski definition) is 3. The summed E-state index contributed by atoms with van der Waals surface area (Å²) in [5, 5.41) is 12.5. The maximum absolute atomic E-state index is 13.2. The van der Waals surface area contributed by atoms with E-state index >= 15 is 0 Å². The van der Waals surface area contributed by atoms with Gasteiger partial charge in [0, 0.05) is 6.54 Å². The van der Waals surface area contributed by atoms with Gasteiger partial charge in [-0.3, -0.25) is 4.79 Å². The smallest absolute Gasteiger partial charge is 0.244 e. The number of rotatable bonds is 9. The molecule has 2 aromatic carbocycles. The number of aliphatic hydroxyl groups excluding tert-OH is 1. The highest BCUT2D eigenvalue weighted by Gasteiger charge is 2.35. The van der Waals surface area contributed by atoms with Crippen molar-refractivity contribution in [2.45, 2.75) is 49.0 Å². The average molecular weight is 467 g/mol. The molecule has 0 saturated carbocycles. The Labute approximate surface area is 186 Å². The van der Waals surface area contributed by atoms with Gasteiger partial charge in [0.1, 0.15) is 16.5 Å². The van der Waals surface area contributed by atoms with E-state index in [1.165, 1.54) is 25.3 Å². The second kappa shape index (κ2) is 10.9. The van der Waals surface area contributed by atoms with Crippen LogP contribution in [0.3, 0.4) is 0 Å². The zero-order valence-electron chi connectivity index (χ0n) is 17.7. The van der Waals surface area contributed by atoms with E-state index in [9.17, 15) is 22.7 Å². The van der Waals surface area contributed by atoms with Crippen molar-refractivity contribution in [3.63, 3.8) is 0 Å². The molecule has 2 aromatic rings. The Hall–Kier alpha value is -2.53. The minimum absolute atomic E-state index is 0.00182. The Morgan fingerprint density at radius 3 is 2.72 bits per heavy atom. The fourth-order valence-corrected chi connectivity index (χ4v) is 5.12. The molecule has 174 valence electrons. The quantitative estimate of drug-likeness (QED) is 0.519. The number of sulfonamides is 1. The van der Waals surface area contributed by atoms with Crippen LogP contribution in [0.5, 0.6) is 5.75 Å². The number of methoxy groups -OCH3 is 1. The molecule has 1 aliphatic rings. The molecule has 1 amide bonds. The van der Waals surface area contributed by atoms with Gasteiger partial charge in [0.15, 0.2) is 0 Å². The second-order valence-corrected chi connectivity index (χ2v) is 9.23. The summed E-state index contributed by atoms with van der Waals surface area (Å²) in [5.41, 5.74) is 0.641. The van der Waals surface area contributed by atoms with Gasteiger partial charge in [-0.1, -0.05) is 24.3 Å². The lowest BCUT2D eigenvalue weighted by Gasteiger charge is -2.35. The lowest BCUT2D eigenvalue weighted by atomic mass is 9.98. The molecule has 0 aliphatic carbocycles. The number of ether oxygens (including phenoxy) is 2. The molecule has 3 atom stereocenters. The predicted octanol–water partition coefficient (Wildman–Crippen LogP) is 1.73. The summed E-state index contributed by atoms with van der Waals surface area (Å²) in [7, 11) is -2.52. The van der Waals surface area contributed by atoms with E-state index in [4.69, 9.17) is 9.47 Å². The third-order valence-corrected chi connectivity index (χ3v) is 6.78. The van der Waals surface area contributed by atoms with Gasteiger partial charge in [-0.05, 0) is 42.7 Å². The van der Waals surface area contributed by atoms with Crippen molar-refractivity contribution in [2.24, 2.45) is 0 Å². The number of carbonyl (C=O) groups excluding carboxylic acids is 1. The van der Waals surface area contributed by atoms with Crippen LogP contribution in [-0.4, -0.2) is 51.4 Å². The summed E-state index contributed by atoms with van der Waals surface area (Å²) in [6.07, 6.45) is -0.386. The monoisotopic (exact) mass is 466 g/mol. The van der Waals surface area contributed by atoms with Crippen LogP contribution in [0.1, 0.15) is 24.8 Å². The highest BCUT2D eigenvalue weighted by Crippen LogP contribution is 2.26. The standard InChI is InChI=1S/C22H27FN2O6S/c1-30-19-7-2-3-8-21(19)32(28,29)25-18-10-9-17(31-20(18)14-26)12-22(27)24-13-15-5-4-6-16(23)11-15/h2-8,11,17-18,20,25-26H,9-10,12-14H2,1H3,(H,24,27)/t17-,18-,20+/m0/s1. The molecule has 0 spiro atoms. The lowest BCUT2D eigenvalue weighted by molar-refractivity contribution is -0.130. The van der Waals surface area contributed by atoms with Crippen molar-refractivity contribution in [3.05, 3.63) is 59.9 Å². The van der Waals surface area contributed by atoms with Crippen molar-refractivity contribution in [2.75, 3.05) is 13.7 Å². The number of nitrogens with one attached hydrogen (secondary N) is 2. The first-order chi connectivity index (χ1) is 15.3. The minimum atomic E-state index is -3.91. The van der Waals surface area contributed by atoms with E-state index in [1.54, 1.807) is 30.3 Å². The van der Waals surface area contributed by atoms with Gasteiger partial charge in [0.25, 0.3) is 0 Å². The molecular weight excluding hydrogens is 439 g/mol. The molecule has 1 fully saturated rings. The van der Waals surface area contributed by atoms with Crippen LogP contribution < -0.4 is 14.8 Å². The van der Waals surface area contributed by atoms with E-state index in [2.05, 4.69) is 10.0 Å². The zero-order valence-corrected chi connectivity index (χ0v) is 18.5. The van der Waals surface area contributed by atoms with E-state index < -0.39 is 34.9 Å². The van der Waals surface area contributed by atoms with Crippen molar-refractivity contribution in [3.8, 4) is 5.75 Å². The van der Waals surface area contributed by atoms with Crippen LogP contribution in [-0.2, 0) is 26.1 Å². The van der Waals surface area contributed by atoms with Crippen LogP contribution in [0.25, 0.3) is 0 Å². The van der Waals surface area contributed by atoms with Crippen molar-refractivity contribution in [1.29, 1.82) is 0 Å². The normalized spacial score (nSPS) is 21.2. The van der Waals surface area contributed by atoms with E-state index in [0.717, 1.165) is 0 Å². The maximum Gasteiger partial charge on any atom is 0.244 e. The molecule has 32 heavy (non-hydrogen) atoms. The largest absolute Gasteiger partial charge is 0.495 e. The fourth-order valence-electron chi connectivity index (χ4n) is 3.65. The summed E-state index contributed by atoms with van der Waals surface area (Å²) in [6, 6.07) is 11.5. The molecular formula is C22H27FN2O6S. The topological polar surface area (TPSA) is 114 Å². The van der Waals surface area contributed by atoms with Gasteiger partial charge >= 0.3 is 0 Å². The highest BCUT2D eigenvalue weighted by atomic mass is 32.2. The Balaban J connectivity index is 1.55. The first kappa shape index (κ1) is 24.1. The summed E-state index contributed by atoms with van der Waals surface area (Å²) in [5.74, 6) is -0.436. The third-order valence-electron chi connectivity index (χ3n) is 5.25. The number of amides is 1. The van der Waals surface area contributed by atoms with Gasteiger partial charge < -0.3 is 19.9 Å². The number of hydrogen-bond acceptors (Lipinski definition) is 6. The molecule has 0 aromatic heterocycles. The number of aliphatic hydroxyl groups is 1. The lowest BCUT2D eigenvalue weighted by Crippen LogP contribution is -2.51. The Bertz CT molecular complexity index is 1030. The molecule has 0 bridgehead atoms. The molecule has 1 aliphatic heterocycles. The molecule has 3 N–H and O–H groups in total. The molecule has 1 saturated heterocycles. The van der Waals surface area contributed by atoms with Gasteiger partial charge in [-0.15, -0.1) is 0 Å². The summed E-state index contributed by atoms with van der Waals surface area (Å²) >= 11 is 0. The highest BCUT2D eigenvalue weighted by molar-refractivity contribution is 7.89. The molecule has 8 nitrogen and oxygen atoms in total. The number of carbonyl (C=O) groups is 1. The van der Waals surface area contributed by atoms with Crippen molar-refractivity contribution in [1.82, 2.24) is 10.0 Å². The summed E-state index contributed by atoms with van der Waals surface area (Å²) in [4.78, 5) is 12.3. The number of para-hydroxylation sites is 1. The van der Waals surface area contributed by atoms with Crippen LogP contribution in [0.4, 0.5) is 4.39 Å². The number of benzene rings is 2. The molecule has 0 radical (unpaired) electrons. The van der Waals surface area contributed by atoms with Gasteiger partial charge in [0.05, 0.1) is 38.4 Å². The van der Waals surface area contributed by atoms with Crippen LogP contribution >= 0.6 is 0 Å². The fraction of sp³-hybridized carbons (Fsp3) is 0.409. The van der Waals surface area contributed by atoms with Crippen LogP contribution in [0, 0.1) is 5.82 Å². The molecule has 3 rings (SSSR count). The number of halogens is 1. The van der Waals surface area contributed by atoms with E-state index in [-0.39, 0.29) is 35.3 Å². The molecule has 1 heterocycles. The molecule has 10 heteroatoms. The Kier molecular flexibility index (Phi) is 8.19. The second-order valence-electron chi connectivity index (χ2n) is 7.55. The summed E-state index contributed by atoms with van der Waals surface area (Å²) < 4.78 is 52.4. The van der Waals surface area contributed by atoms with Gasteiger partial charge in [-0.25, -0.2) is 17.5 Å². The molecule has 0 unspecified atom stereocenters. The Morgan fingerprint density at radius 2 is 2.00 bits per heavy atom. The minimum Gasteiger partial charge on any atom is -0.495 e. The van der Waals surface area contributed by atoms with Crippen LogP contribution in [0.15, 0.2) is 53.4 Å². The van der Waals surface area contributed by atoms with Gasteiger partial charge in [-0.2, -0.15) is 0 Å². The maximum atomic E-state index is 13.2. The zero-order chi connectivity index (χ0) is 23.1. The third kappa shape index (κ3) is 6.26. The first-order valence-corrected chi connectivity index (χ1v) is 11.7.